The molecule has 1 fully saturated rings. The monoisotopic (exact) mass is 270 g/mol. The second kappa shape index (κ2) is 5.79. The normalized spacial score (nSPS) is 18.9. The third-order valence-electron chi connectivity index (χ3n) is 3.15. The van der Waals surface area contributed by atoms with E-state index in [-0.39, 0.29) is 6.04 Å². The van der Waals surface area contributed by atoms with Crippen LogP contribution < -0.4 is 4.72 Å². The van der Waals surface area contributed by atoms with Crippen molar-refractivity contribution in [2.75, 3.05) is 13.1 Å². The van der Waals surface area contributed by atoms with Crippen molar-refractivity contribution in [2.45, 2.75) is 25.4 Å². The fourth-order valence-electron chi connectivity index (χ4n) is 2.26. The van der Waals surface area contributed by atoms with Crippen molar-refractivity contribution >= 4 is 10.3 Å². The number of benzene rings is 1. The van der Waals surface area contributed by atoms with E-state index in [1.54, 1.807) is 0 Å². The highest BCUT2D eigenvalue weighted by Gasteiger charge is 2.22. The number of piperidine rings is 1. The van der Waals surface area contributed by atoms with Crippen molar-refractivity contribution in [3.05, 3.63) is 35.9 Å². The summed E-state index contributed by atoms with van der Waals surface area (Å²) in [5, 5.41) is 0. The maximum absolute atomic E-state index is 10.7. The first-order valence-corrected chi connectivity index (χ1v) is 7.48. The van der Waals surface area contributed by atoms with Gasteiger partial charge in [-0.2, -0.15) is 13.1 Å². The van der Waals surface area contributed by atoms with Crippen LogP contribution in [0.4, 0.5) is 0 Å². The molecule has 100 valence electrons. The van der Waals surface area contributed by atoms with Crippen molar-refractivity contribution in [3.8, 4) is 0 Å². The van der Waals surface area contributed by atoms with E-state index >= 15 is 0 Å². The third kappa shape index (κ3) is 4.38. The lowest BCUT2D eigenvalue weighted by molar-refractivity contribution is 0.198. The largest absolute Gasteiger partial charge is 0.333 e. The van der Waals surface area contributed by atoms with Crippen LogP contribution in [0.25, 0.3) is 0 Å². The van der Waals surface area contributed by atoms with Crippen molar-refractivity contribution in [1.29, 1.82) is 0 Å². The molecular weight excluding hydrogens is 252 g/mol. The van der Waals surface area contributed by atoms with Crippen molar-refractivity contribution < 1.29 is 13.0 Å². The van der Waals surface area contributed by atoms with E-state index in [0.717, 1.165) is 32.5 Å². The van der Waals surface area contributed by atoms with Crippen LogP contribution in [0, 0.1) is 0 Å². The van der Waals surface area contributed by atoms with Crippen LogP contribution in [-0.4, -0.2) is 37.0 Å². The Morgan fingerprint density at radius 1 is 1.22 bits per heavy atom. The first-order chi connectivity index (χ1) is 8.53. The molecule has 2 N–H and O–H groups in total. The van der Waals surface area contributed by atoms with Gasteiger partial charge in [-0.05, 0) is 18.4 Å². The fourth-order valence-corrected chi connectivity index (χ4v) is 2.92. The quantitative estimate of drug-likeness (QED) is 0.802. The van der Waals surface area contributed by atoms with E-state index in [9.17, 15) is 8.42 Å². The highest BCUT2D eigenvalue weighted by Crippen LogP contribution is 2.14. The van der Waals surface area contributed by atoms with Crippen molar-refractivity contribution in [2.24, 2.45) is 0 Å². The summed E-state index contributed by atoms with van der Waals surface area (Å²) in [7, 11) is -4.07. The summed E-state index contributed by atoms with van der Waals surface area (Å²) in [5.74, 6) is 0. The lowest BCUT2D eigenvalue weighted by atomic mass is 10.1. The van der Waals surface area contributed by atoms with Gasteiger partial charge in [0, 0.05) is 25.7 Å². The Morgan fingerprint density at radius 3 is 2.39 bits per heavy atom. The van der Waals surface area contributed by atoms with Crippen LogP contribution in [0.15, 0.2) is 30.3 Å². The van der Waals surface area contributed by atoms with Gasteiger partial charge in [-0.3, -0.25) is 9.45 Å². The van der Waals surface area contributed by atoms with Gasteiger partial charge in [-0.1, -0.05) is 30.3 Å². The molecule has 0 radical (unpaired) electrons. The number of hydrogen-bond acceptors (Lipinski definition) is 3. The zero-order chi connectivity index (χ0) is 13.0. The molecule has 1 saturated heterocycles. The van der Waals surface area contributed by atoms with Crippen LogP contribution in [0.1, 0.15) is 18.4 Å². The molecule has 2 rings (SSSR count). The van der Waals surface area contributed by atoms with Crippen molar-refractivity contribution in [3.63, 3.8) is 0 Å². The summed E-state index contributed by atoms with van der Waals surface area (Å²) in [6.07, 6.45) is 1.46. The molecule has 0 unspecified atom stereocenters. The first-order valence-electron chi connectivity index (χ1n) is 6.04. The summed E-state index contributed by atoms with van der Waals surface area (Å²) in [6, 6.07) is 10.0. The minimum absolute atomic E-state index is 0.146. The average molecular weight is 270 g/mol. The smallest absolute Gasteiger partial charge is 0.299 e. The first kappa shape index (κ1) is 13.5. The molecule has 1 aromatic carbocycles. The van der Waals surface area contributed by atoms with Gasteiger partial charge in [0.1, 0.15) is 0 Å². The summed E-state index contributed by atoms with van der Waals surface area (Å²) in [5.41, 5.74) is 1.26. The van der Waals surface area contributed by atoms with Gasteiger partial charge in [0.15, 0.2) is 0 Å². The van der Waals surface area contributed by atoms with Gasteiger partial charge in [0.05, 0.1) is 0 Å². The molecular formula is C12H18N2O3S. The lowest BCUT2D eigenvalue weighted by Gasteiger charge is -2.31. The molecule has 1 aliphatic heterocycles. The van der Waals surface area contributed by atoms with E-state index in [2.05, 4.69) is 21.8 Å². The van der Waals surface area contributed by atoms with Crippen LogP contribution in [-0.2, 0) is 16.8 Å². The molecule has 1 aromatic rings. The molecule has 0 bridgehead atoms. The Kier molecular flexibility index (Phi) is 4.34. The SMILES string of the molecule is O=S(=O)(O)NC1CCN(Cc2ccccc2)CC1. The second-order valence-corrected chi connectivity index (χ2v) is 5.81. The molecule has 0 aromatic heterocycles. The molecule has 6 heteroatoms. The predicted molar refractivity (Wildman–Crippen MR) is 69.4 cm³/mol. The third-order valence-corrected chi connectivity index (χ3v) is 3.78. The minimum Gasteiger partial charge on any atom is -0.299 e. The Bertz CT molecular complexity index is 467. The molecule has 18 heavy (non-hydrogen) atoms. The van der Waals surface area contributed by atoms with Gasteiger partial charge in [0.2, 0.25) is 0 Å². The van der Waals surface area contributed by atoms with E-state index < -0.39 is 10.3 Å². The highest BCUT2D eigenvalue weighted by molar-refractivity contribution is 7.83. The van der Waals surface area contributed by atoms with Crippen LogP contribution in [0.3, 0.4) is 0 Å². The number of hydrogen-bond donors (Lipinski definition) is 2. The van der Waals surface area contributed by atoms with Gasteiger partial charge in [-0.25, -0.2) is 0 Å². The average Bonchev–Trinajstić information content (AvgIpc) is 2.31. The number of rotatable bonds is 4. The standard InChI is InChI=1S/C12H18N2O3S/c15-18(16,17)13-12-6-8-14(9-7-12)10-11-4-2-1-3-5-11/h1-5,12-13H,6-10H2,(H,15,16,17). The van der Waals surface area contributed by atoms with Gasteiger partial charge in [-0.15, -0.1) is 0 Å². The van der Waals surface area contributed by atoms with Crippen molar-refractivity contribution in [1.82, 2.24) is 9.62 Å². The number of nitrogens with one attached hydrogen (secondary N) is 1. The van der Waals surface area contributed by atoms with Crippen LogP contribution in [0.2, 0.25) is 0 Å². The van der Waals surface area contributed by atoms with E-state index in [1.807, 2.05) is 18.2 Å². The Morgan fingerprint density at radius 2 is 1.83 bits per heavy atom. The maximum Gasteiger partial charge on any atom is 0.333 e. The summed E-state index contributed by atoms with van der Waals surface area (Å²) in [6.45, 7) is 2.56. The second-order valence-electron chi connectivity index (χ2n) is 4.63. The van der Waals surface area contributed by atoms with Gasteiger partial charge in [0.25, 0.3) is 0 Å². The van der Waals surface area contributed by atoms with Gasteiger partial charge >= 0.3 is 10.3 Å². The molecule has 0 saturated carbocycles. The zero-order valence-corrected chi connectivity index (χ0v) is 10.9. The lowest BCUT2D eigenvalue weighted by Crippen LogP contribution is -2.44. The zero-order valence-electron chi connectivity index (χ0n) is 10.1. The number of nitrogens with zero attached hydrogens (tertiary/aromatic N) is 1. The Labute approximate surface area is 108 Å². The summed E-state index contributed by atoms with van der Waals surface area (Å²) >= 11 is 0. The van der Waals surface area contributed by atoms with Crippen LogP contribution in [0.5, 0.6) is 0 Å². The molecule has 0 atom stereocenters. The number of likely N-dealkylation sites (tertiary alicyclic amines) is 1. The molecule has 0 aliphatic carbocycles. The van der Waals surface area contributed by atoms with E-state index in [0.29, 0.717) is 0 Å². The highest BCUT2D eigenvalue weighted by atomic mass is 32.2. The van der Waals surface area contributed by atoms with E-state index in [4.69, 9.17) is 4.55 Å². The van der Waals surface area contributed by atoms with Gasteiger partial charge < -0.3 is 0 Å². The summed E-state index contributed by atoms with van der Waals surface area (Å²) < 4.78 is 32.4. The Balaban J connectivity index is 1.80. The summed E-state index contributed by atoms with van der Waals surface area (Å²) in [4.78, 5) is 2.29. The van der Waals surface area contributed by atoms with Crippen LogP contribution >= 0.6 is 0 Å². The molecule has 1 heterocycles. The topological polar surface area (TPSA) is 69.6 Å². The minimum atomic E-state index is -4.07. The Hall–Kier alpha value is -0.950. The molecule has 1 aliphatic rings. The van der Waals surface area contributed by atoms with E-state index in [1.165, 1.54) is 5.56 Å². The molecule has 5 nitrogen and oxygen atoms in total. The molecule has 0 spiro atoms. The predicted octanol–water partition coefficient (Wildman–Crippen LogP) is 1.04. The molecule has 0 amide bonds. The fraction of sp³-hybridized carbons (Fsp3) is 0.500. The maximum atomic E-state index is 10.7.